The molecule has 0 radical (unpaired) electrons. The molecule has 0 aliphatic heterocycles. The van der Waals surface area contributed by atoms with Crippen LogP contribution in [0.25, 0.3) is 0 Å². The van der Waals surface area contributed by atoms with Crippen LogP contribution < -0.4 is 0 Å². The lowest BCUT2D eigenvalue weighted by Gasteiger charge is -2.24. The van der Waals surface area contributed by atoms with Gasteiger partial charge < -0.3 is 5.11 Å². The second kappa shape index (κ2) is 5.13. The summed E-state index contributed by atoms with van der Waals surface area (Å²) in [6.45, 7) is 0.158. The molecular weight excluding hydrogens is 252 g/mol. The van der Waals surface area contributed by atoms with Gasteiger partial charge in [0.25, 0.3) is 0 Å². The molecule has 1 aliphatic rings. The van der Waals surface area contributed by atoms with E-state index in [0.717, 1.165) is 10.0 Å². The van der Waals surface area contributed by atoms with Gasteiger partial charge in [0.15, 0.2) is 0 Å². The summed E-state index contributed by atoms with van der Waals surface area (Å²) < 4.78 is 1.06. The van der Waals surface area contributed by atoms with Crippen LogP contribution in [0.1, 0.15) is 49.1 Å². The van der Waals surface area contributed by atoms with E-state index in [1.807, 2.05) is 6.07 Å². The second-order valence-electron chi connectivity index (χ2n) is 4.34. The fraction of sp³-hybridized carbons (Fsp3) is 0.538. The highest BCUT2D eigenvalue weighted by atomic mass is 79.9. The number of aliphatic hydroxyl groups is 1. The van der Waals surface area contributed by atoms with Gasteiger partial charge in [-0.25, -0.2) is 0 Å². The third-order valence-electron chi connectivity index (χ3n) is 3.32. The first-order chi connectivity index (χ1) is 7.31. The average Bonchev–Trinajstić information content (AvgIpc) is 2.30. The van der Waals surface area contributed by atoms with Crippen LogP contribution in [-0.2, 0) is 6.61 Å². The molecule has 0 spiro atoms. The minimum absolute atomic E-state index is 0.158. The Kier molecular flexibility index (Phi) is 3.81. The van der Waals surface area contributed by atoms with Crippen molar-refractivity contribution in [2.75, 3.05) is 0 Å². The van der Waals surface area contributed by atoms with Crippen molar-refractivity contribution < 1.29 is 5.11 Å². The number of halogens is 1. The number of rotatable bonds is 2. The van der Waals surface area contributed by atoms with E-state index in [2.05, 4.69) is 28.1 Å². The van der Waals surface area contributed by atoms with Gasteiger partial charge in [-0.3, -0.25) is 0 Å². The Hall–Kier alpha value is -0.340. The first-order valence-electron chi connectivity index (χ1n) is 5.70. The van der Waals surface area contributed by atoms with Crippen molar-refractivity contribution in [2.45, 2.75) is 44.6 Å². The van der Waals surface area contributed by atoms with E-state index in [9.17, 15) is 5.11 Å². The molecule has 0 atom stereocenters. The van der Waals surface area contributed by atoms with Crippen LogP contribution in [0.2, 0.25) is 0 Å². The summed E-state index contributed by atoms with van der Waals surface area (Å²) in [5.41, 5.74) is 2.46. The first-order valence-corrected chi connectivity index (χ1v) is 6.49. The minimum atomic E-state index is 0.158. The molecule has 2 rings (SSSR count). The van der Waals surface area contributed by atoms with Crippen molar-refractivity contribution in [3.8, 4) is 0 Å². The number of hydrogen-bond donors (Lipinski definition) is 1. The Morgan fingerprint density at radius 1 is 1.20 bits per heavy atom. The van der Waals surface area contributed by atoms with E-state index in [-0.39, 0.29) is 6.61 Å². The molecule has 1 nitrogen and oxygen atoms in total. The molecule has 1 aliphatic carbocycles. The first kappa shape index (κ1) is 11.2. The topological polar surface area (TPSA) is 20.2 Å². The number of hydrogen-bond acceptors (Lipinski definition) is 1. The third kappa shape index (κ3) is 2.61. The highest BCUT2D eigenvalue weighted by molar-refractivity contribution is 9.10. The predicted molar refractivity (Wildman–Crippen MR) is 65.9 cm³/mol. The maximum absolute atomic E-state index is 9.35. The molecule has 0 unspecified atom stereocenters. The van der Waals surface area contributed by atoms with Crippen LogP contribution in [0, 0.1) is 0 Å². The van der Waals surface area contributed by atoms with E-state index < -0.39 is 0 Å². The van der Waals surface area contributed by atoms with Crippen LogP contribution in [0.15, 0.2) is 22.7 Å². The normalized spacial score (nSPS) is 18.0. The van der Waals surface area contributed by atoms with Crippen LogP contribution in [0.5, 0.6) is 0 Å². The summed E-state index contributed by atoms with van der Waals surface area (Å²) >= 11 is 3.45. The van der Waals surface area contributed by atoms with Crippen LogP contribution in [-0.4, -0.2) is 5.11 Å². The van der Waals surface area contributed by atoms with Crippen LogP contribution in [0.3, 0.4) is 0 Å². The average molecular weight is 269 g/mol. The van der Waals surface area contributed by atoms with Gasteiger partial charge in [0.2, 0.25) is 0 Å². The summed E-state index contributed by atoms with van der Waals surface area (Å²) in [5.74, 6) is 0.675. The fourth-order valence-corrected chi connectivity index (χ4v) is 2.93. The maximum atomic E-state index is 9.35. The summed E-state index contributed by atoms with van der Waals surface area (Å²) in [5, 5.41) is 9.35. The van der Waals surface area contributed by atoms with Crippen molar-refractivity contribution in [3.05, 3.63) is 33.8 Å². The quantitative estimate of drug-likeness (QED) is 0.860. The van der Waals surface area contributed by atoms with Crippen LogP contribution >= 0.6 is 15.9 Å². The molecule has 1 aromatic rings. The lowest BCUT2D eigenvalue weighted by atomic mass is 9.82. The molecule has 1 fully saturated rings. The van der Waals surface area contributed by atoms with Crippen LogP contribution in [0.4, 0.5) is 0 Å². The molecule has 1 aromatic carbocycles. The van der Waals surface area contributed by atoms with Crippen molar-refractivity contribution in [1.82, 2.24) is 0 Å². The van der Waals surface area contributed by atoms with Gasteiger partial charge in [0.1, 0.15) is 0 Å². The Morgan fingerprint density at radius 2 is 1.93 bits per heavy atom. The van der Waals surface area contributed by atoms with Gasteiger partial charge in [-0.2, -0.15) is 0 Å². The molecule has 0 amide bonds. The molecule has 1 N–H and O–H groups in total. The van der Waals surface area contributed by atoms with Gasteiger partial charge >= 0.3 is 0 Å². The van der Waals surface area contributed by atoms with Gasteiger partial charge in [0, 0.05) is 4.47 Å². The Balaban J connectivity index is 2.25. The fourth-order valence-electron chi connectivity index (χ4n) is 2.52. The minimum Gasteiger partial charge on any atom is -0.392 e. The second-order valence-corrected chi connectivity index (χ2v) is 5.25. The predicted octanol–water partition coefficient (Wildman–Crippen LogP) is 3.99. The number of benzene rings is 1. The standard InChI is InChI=1S/C13H17BrO/c14-12-6-7-13(11(8-12)9-15)10-4-2-1-3-5-10/h6-8,10,15H,1-5,9H2. The molecule has 0 heterocycles. The van der Waals surface area contributed by atoms with Crippen molar-refractivity contribution in [2.24, 2.45) is 0 Å². The van der Waals surface area contributed by atoms with E-state index in [4.69, 9.17) is 0 Å². The molecule has 0 saturated heterocycles. The van der Waals surface area contributed by atoms with Gasteiger partial charge in [-0.05, 0) is 42.0 Å². The molecule has 82 valence electrons. The van der Waals surface area contributed by atoms with E-state index in [1.165, 1.54) is 37.7 Å². The molecular formula is C13H17BrO. The monoisotopic (exact) mass is 268 g/mol. The largest absolute Gasteiger partial charge is 0.392 e. The highest BCUT2D eigenvalue weighted by Gasteiger charge is 2.17. The SMILES string of the molecule is OCc1cc(Br)ccc1C1CCCCC1. The highest BCUT2D eigenvalue weighted by Crippen LogP contribution is 2.35. The molecule has 2 heteroatoms. The summed E-state index contributed by atoms with van der Waals surface area (Å²) in [4.78, 5) is 0. The Labute approximate surface area is 99.6 Å². The van der Waals surface area contributed by atoms with E-state index in [1.54, 1.807) is 0 Å². The van der Waals surface area contributed by atoms with E-state index >= 15 is 0 Å². The molecule has 15 heavy (non-hydrogen) atoms. The molecule has 0 aromatic heterocycles. The zero-order chi connectivity index (χ0) is 10.7. The lowest BCUT2D eigenvalue weighted by Crippen LogP contribution is -2.07. The van der Waals surface area contributed by atoms with Gasteiger partial charge in [0.05, 0.1) is 6.61 Å². The zero-order valence-corrected chi connectivity index (χ0v) is 10.5. The summed E-state index contributed by atoms with van der Waals surface area (Å²) in [7, 11) is 0. The molecule has 0 bridgehead atoms. The summed E-state index contributed by atoms with van der Waals surface area (Å²) in [6, 6.07) is 6.30. The van der Waals surface area contributed by atoms with Gasteiger partial charge in [-0.1, -0.05) is 41.3 Å². The van der Waals surface area contributed by atoms with E-state index in [0.29, 0.717) is 5.92 Å². The Bertz CT molecular complexity index is 329. The maximum Gasteiger partial charge on any atom is 0.0685 e. The zero-order valence-electron chi connectivity index (χ0n) is 8.88. The summed E-state index contributed by atoms with van der Waals surface area (Å²) in [6.07, 6.45) is 6.63. The lowest BCUT2D eigenvalue weighted by molar-refractivity contribution is 0.278. The third-order valence-corrected chi connectivity index (χ3v) is 3.81. The molecule has 1 saturated carbocycles. The van der Waals surface area contributed by atoms with Crippen molar-refractivity contribution in [1.29, 1.82) is 0 Å². The smallest absolute Gasteiger partial charge is 0.0685 e. The van der Waals surface area contributed by atoms with Crippen molar-refractivity contribution in [3.63, 3.8) is 0 Å². The van der Waals surface area contributed by atoms with Crippen molar-refractivity contribution >= 4 is 15.9 Å². The van der Waals surface area contributed by atoms with Gasteiger partial charge in [-0.15, -0.1) is 0 Å². The number of aliphatic hydroxyl groups excluding tert-OH is 1. The Morgan fingerprint density at radius 3 is 2.60 bits per heavy atom.